The number of amidine groups is 1. The highest BCUT2D eigenvalue weighted by molar-refractivity contribution is 7.98. The molecule has 0 amide bonds. The van der Waals surface area contributed by atoms with Gasteiger partial charge in [-0.2, -0.15) is 0 Å². The molecule has 0 fully saturated rings. The molecular weight excluding hydrogens is 274 g/mol. The lowest BCUT2D eigenvalue weighted by molar-refractivity contribution is 0.301. The third kappa shape index (κ3) is 4.05. The first-order valence-corrected chi connectivity index (χ1v) is 7.92. The van der Waals surface area contributed by atoms with E-state index in [2.05, 4.69) is 17.0 Å². The Morgan fingerprint density at radius 2 is 2.15 bits per heavy atom. The first-order chi connectivity index (χ1) is 9.69. The Hall–Kier alpha value is -1.40. The molecule has 0 aliphatic rings. The van der Waals surface area contributed by atoms with Crippen molar-refractivity contribution < 1.29 is 10.3 Å². The minimum Gasteiger partial charge on any atom is -0.409 e. The van der Waals surface area contributed by atoms with Crippen LogP contribution in [0.2, 0.25) is 0 Å². The van der Waals surface area contributed by atoms with Crippen LogP contribution in [0.4, 0.5) is 5.69 Å². The lowest BCUT2D eigenvalue weighted by Gasteiger charge is -2.27. The van der Waals surface area contributed by atoms with Gasteiger partial charge in [0, 0.05) is 23.7 Å². The van der Waals surface area contributed by atoms with Crippen molar-refractivity contribution in [2.75, 3.05) is 30.9 Å². The van der Waals surface area contributed by atoms with Crippen LogP contribution < -0.4 is 10.6 Å². The van der Waals surface area contributed by atoms with E-state index < -0.39 is 0 Å². The highest BCUT2D eigenvalue weighted by atomic mass is 32.2. The normalized spacial score (nSPS) is 11.7. The zero-order valence-corrected chi connectivity index (χ0v) is 12.9. The molecule has 0 aromatic heterocycles. The number of nitrogens with zero attached hydrogens (tertiary/aromatic N) is 2. The largest absolute Gasteiger partial charge is 0.409 e. The number of aliphatic hydroxyl groups excluding tert-OH is 1. The van der Waals surface area contributed by atoms with Gasteiger partial charge in [-0.05, 0) is 24.8 Å². The fourth-order valence-corrected chi connectivity index (χ4v) is 2.71. The van der Waals surface area contributed by atoms with Crippen LogP contribution in [-0.4, -0.2) is 42.1 Å². The Morgan fingerprint density at radius 3 is 2.70 bits per heavy atom. The summed E-state index contributed by atoms with van der Waals surface area (Å²) in [5, 5.41) is 21.4. The van der Waals surface area contributed by atoms with Crippen LogP contribution in [0.15, 0.2) is 28.3 Å². The summed E-state index contributed by atoms with van der Waals surface area (Å²) in [6, 6.07) is 5.84. The number of hydrogen-bond acceptors (Lipinski definition) is 5. The van der Waals surface area contributed by atoms with E-state index in [1.165, 1.54) is 0 Å². The lowest BCUT2D eigenvalue weighted by atomic mass is 10.1. The highest BCUT2D eigenvalue weighted by Crippen LogP contribution is 2.29. The maximum atomic E-state index is 9.25. The van der Waals surface area contributed by atoms with Gasteiger partial charge in [-0.25, -0.2) is 0 Å². The second kappa shape index (κ2) is 8.71. The molecule has 0 atom stereocenters. The van der Waals surface area contributed by atoms with Gasteiger partial charge < -0.3 is 20.9 Å². The Kier molecular flexibility index (Phi) is 7.25. The summed E-state index contributed by atoms with van der Waals surface area (Å²) in [7, 11) is 0. The maximum Gasteiger partial charge on any atom is 0.173 e. The fourth-order valence-electron chi connectivity index (χ4n) is 2.08. The van der Waals surface area contributed by atoms with E-state index >= 15 is 0 Å². The van der Waals surface area contributed by atoms with Gasteiger partial charge in [0.1, 0.15) is 0 Å². The summed E-state index contributed by atoms with van der Waals surface area (Å²) >= 11 is 1.55. The molecule has 0 bridgehead atoms. The third-order valence-corrected chi connectivity index (χ3v) is 3.86. The topological polar surface area (TPSA) is 82.1 Å². The van der Waals surface area contributed by atoms with Crippen molar-refractivity contribution >= 4 is 23.3 Å². The van der Waals surface area contributed by atoms with Gasteiger partial charge in [0.05, 0.1) is 12.2 Å². The monoisotopic (exact) mass is 297 g/mol. The van der Waals surface area contributed by atoms with E-state index in [0.717, 1.165) is 35.5 Å². The average Bonchev–Trinajstić information content (AvgIpc) is 2.49. The van der Waals surface area contributed by atoms with Crippen molar-refractivity contribution in [2.45, 2.75) is 24.7 Å². The Bertz CT molecular complexity index is 452. The van der Waals surface area contributed by atoms with Crippen molar-refractivity contribution in [2.24, 2.45) is 10.9 Å². The molecule has 1 rings (SSSR count). The number of aliphatic hydroxyl groups is 1. The second-order valence-corrected chi connectivity index (χ2v) is 5.25. The minimum atomic E-state index is 0.0722. The molecule has 20 heavy (non-hydrogen) atoms. The number of hydrogen-bond donors (Lipinski definition) is 3. The molecule has 0 unspecified atom stereocenters. The van der Waals surface area contributed by atoms with Crippen LogP contribution >= 0.6 is 11.8 Å². The molecule has 1 aromatic carbocycles. The summed E-state index contributed by atoms with van der Waals surface area (Å²) < 4.78 is 0. The van der Waals surface area contributed by atoms with Crippen LogP contribution in [0.1, 0.15) is 25.3 Å². The molecule has 0 saturated carbocycles. The zero-order valence-electron chi connectivity index (χ0n) is 12.0. The van der Waals surface area contributed by atoms with Gasteiger partial charge in [0.15, 0.2) is 5.84 Å². The molecular formula is C14H23N3O2S. The Balaban J connectivity index is 3.25. The molecule has 0 aliphatic heterocycles. The molecule has 0 radical (unpaired) electrons. The third-order valence-electron chi connectivity index (χ3n) is 3.08. The van der Waals surface area contributed by atoms with Gasteiger partial charge >= 0.3 is 0 Å². The van der Waals surface area contributed by atoms with Crippen LogP contribution in [-0.2, 0) is 0 Å². The molecule has 4 N–H and O–H groups in total. The number of rotatable bonds is 8. The Labute approximate surface area is 124 Å². The molecule has 1 aromatic rings. The van der Waals surface area contributed by atoms with Crippen molar-refractivity contribution in [1.82, 2.24) is 0 Å². The van der Waals surface area contributed by atoms with Crippen molar-refractivity contribution in [3.63, 3.8) is 0 Å². The average molecular weight is 297 g/mol. The summed E-state index contributed by atoms with van der Waals surface area (Å²) in [5.41, 5.74) is 7.46. The molecule has 0 spiro atoms. The van der Waals surface area contributed by atoms with Gasteiger partial charge in [-0.3, -0.25) is 0 Å². The highest BCUT2D eigenvalue weighted by Gasteiger charge is 2.17. The van der Waals surface area contributed by atoms with Gasteiger partial charge in [0.2, 0.25) is 0 Å². The number of benzene rings is 1. The van der Waals surface area contributed by atoms with Crippen molar-refractivity contribution in [3.8, 4) is 0 Å². The zero-order chi connectivity index (χ0) is 15.0. The van der Waals surface area contributed by atoms with E-state index in [1.807, 2.05) is 24.5 Å². The van der Waals surface area contributed by atoms with E-state index in [0.29, 0.717) is 6.54 Å². The first kappa shape index (κ1) is 16.7. The number of unbranched alkanes of at least 4 members (excludes halogenated alkanes) is 1. The van der Waals surface area contributed by atoms with Gasteiger partial charge in [0.25, 0.3) is 0 Å². The molecule has 0 heterocycles. The first-order valence-electron chi connectivity index (χ1n) is 6.70. The lowest BCUT2D eigenvalue weighted by Crippen LogP contribution is -2.30. The standard InChI is InChI=1S/C14H23N3O2S/c1-3-4-8-17(9-10-18)11-6-5-7-12(20-2)13(11)14(15)16-19/h5-7,18-19H,3-4,8-10H2,1-2H3,(H2,15,16). The van der Waals surface area contributed by atoms with E-state index in [1.54, 1.807) is 11.8 Å². The molecule has 0 saturated heterocycles. The predicted molar refractivity (Wildman–Crippen MR) is 84.9 cm³/mol. The molecule has 5 nitrogen and oxygen atoms in total. The molecule has 0 aliphatic carbocycles. The number of nitrogens with two attached hydrogens (primary N) is 1. The quantitative estimate of drug-likeness (QED) is 0.225. The van der Waals surface area contributed by atoms with Gasteiger partial charge in [-0.1, -0.05) is 24.6 Å². The number of oxime groups is 1. The Morgan fingerprint density at radius 1 is 1.40 bits per heavy atom. The van der Waals surface area contributed by atoms with E-state index in [9.17, 15) is 5.11 Å². The second-order valence-electron chi connectivity index (χ2n) is 4.40. The maximum absolute atomic E-state index is 9.25. The van der Waals surface area contributed by atoms with Crippen molar-refractivity contribution in [1.29, 1.82) is 0 Å². The van der Waals surface area contributed by atoms with Gasteiger partial charge in [-0.15, -0.1) is 11.8 Å². The van der Waals surface area contributed by atoms with E-state index in [4.69, 9.17) is 10.9 Å². The molecule has 6 heteroatoms. The van der Waals surface area contributed by atoms with Crippen molar-refractivity contribution in [3.05, 3.63) is 23.8 Å². The van der Waals surface area contributed by atoms with Crippen LogP contribution in [0.5, 0.6) is 0 Å². The summed E-state index contributed by atoms with van der Waals surface area (Å²) in [5.74, 6) is 0.101. The minimum absolute atomic E-state index is 0.0722. The molecule has 112 valence electrons. The van der Waals surface area contributed by atoms with Crippen LogP contribution in [0, 0.1) is 0 Å². The number of anilines is 1. The van der Waals surface area contributed by atoms with Crippen LogP contribution in [0.3, 0.4) is 0 Å². The summed E-state index contributed by atoms with van der Waals surface area (Å²) in [6.07, 6.45) is 4.05. The smallest absolute Gasteiger partial charge is 0.173 e. The SMILES string of the molecule is CCCCN(CCO)c1cccc(SC)c1/C(N)=N/O. The number of thioether (sulfide) groups is 1. The predicted octanol–water partition coefficient (Wildman–Crippen LogP) is 2.10. The fraction of sp³-hybridized carbons (Fsp3) is 0.500. The van der Waals surface area contributed by atoms with E-state index in [-0.39, 0.29) is 12.4 Å². The summed E-state index contributed by atoms with van der Waals surface area (Å²) in [4.78, 5) is 3.04. The summed E-state index contributed by atoms with van der Waals surface area (Å²) in [6.45, 7) is 3.56. The van der Waals surface area contributed by atoms with Crippen LogP contribution in [0.25, 0.3) is 0 Å².